The highest BCUT2D eigenvalue weighted by molar-refractivity contribution is 7.09. The highest BCUT2D eigenvalue weighted by Crippen LogP contribution is 2.38. The predicted molar refractivity (Wildman–Crippen MR) is 103 cm³/mol. The van der Waals surface area contributed by atoms with Crippen LogP contribution in [0.2, 0.25) is 0 Å². The summed E-state index contributed by atoms with van der Waals surface area (Å²) in [6.45, 7) is 6.92. The van der Waals surface area contributed by atoms with Crippen molar-refractivity contribution in [1.29, 1.82) is 0 Å². The lowest BCUT2D eigenvalue weighted by Crippen LogP contribution is -2.25. The molecule has 0 aliphatic rings. The summed E-state index contributed by atoms with van der Waals surface area (Å²) < 4.78 is 15.8. The first kappa shape index (κ1) is 20.0. The zero-order valence-electron chi connectivity index (χ0n) is 16.1. The topological polar surface area (TPSA) is 69.7 Å². The second kappa shape index (κ2) is 8.40. The lowest BCUT2D eigenvalue weighted by molar-refractivity contribution is 0.0953. The number of thiazole rings is 1. The molecule has 0 radical (unpaired) electrons. The average molecular weight is 378 g/mol. The molecule has 0 aliphatic carbocycles. The molecule has 2 rings (SSSR count). The number of benzene rings is 1. The van der Waals surface area contributed by atoms with Crippen LogP contribution in [0.3, 0.4) is 0 Å². The molecular weight excluding hydrogens is 352 g/mol. The quantitative estimate of drug-likeness (QED) is 0.799. The first-order valence-corrected chi connectivity index (χ1v) is 9.21. The Kier molecular flexibility index (Phi) is 6.47. The molecule has 1 heterocycles. The number of methoxy groups -OCH3 is 3. The van der Waals surface area contributed by atoms with Crippen molar-refractivity contribution in [2.24, 2.45) is 0 Å². The molecular formula is C19H26N2O4S. The lowest BCUT2D eigenvalue weighted by Gasteiger charge is -2.14. The summed E-state index contributed by atoms with van der Waals surface area (Å²) in [5.41, 5.74) is 1.57. The second-order valence-electron chi connectivity index (χ2n) is 6.80. The van der Waals surface area contributed by atoms with E-state index in [4.69, 9.17) is 14.2 Å². The van der Waals surface area contributed by atoms with Crippen LogP contribution in [0.15, 0.2) is 17.5 Å². The number of carbonyl (C=O) groups excluding carboxylic acids is 1. The van der Waals surface area contributed by atoms with Gasteiger partial charge in [-0.2, -0.15) is 0 Å². The molecule has 0 aliphatic heterocycles. The Labute approximate surface area is 158 Å². The standard InChI is InChI=1S/C19H26N2O4S/c1-19(2,3)15-11-26-16(21-15)7-8-20-18(22)12-9-13(23-4)17(25-6)14(10-12)24-5/h9-11H,7-8H2,1-6H3,(H,20,22). The molecule has 1 N–H and O–H groups in total. The van der Waals surface area contributed by atoms with Crippen molar-refractivity contribution in [1.82, 2.24) is 10.3 Å². The van der Waals surface area contributed by atoms with Crippen molar-refractivity contribution in [3.8, 4) is 17.2 Å². The third kappa shape index (κ3) is 4.66. The summed E-state index contributed by atoms with van der Waals surface area (Å²) in [5, 5.41) is 6.01. The number of nitrogens with zero attached hydrogens (tertiary/aromatic N) is 1. The van der Waals surface area contributed by atoms with Crippen LogP contribution in [0.4, 0.5) is 0 Å². The maximum Gasteiger partial charge on any atom is 0.251 e. The highest BCUT2D eigenvalue weighted by Gasteiger charge is 2.18. The monoisotopic (exact) mass is 378 g/mol. The second-order valence-corrected chi connectivity index (χ2v) is 7.74. The molecule has 0 saturated carbocycles. The fraction of sp³-hybridized carbons (Fsp3) is 0.474. The highest BCUT2D eigenvalue weighted by atomic mass is 32.1. The van der Waals surface area contributed by atoms with E-state index in [0.29, 0.717) is 35.8 Å². The van der Waals surface area contributed by atoms with Gasteiger partial charge in [0, 0.05) is 29.3 Å². The predicted octanol–water partition coefficient (Wildman–Crippen LogP) is 3.44. The van der Waals surface area contributed by atoms with E-state index in [1.165, 1.54) is 21.3 Å². The molecule has 2 aromatic rings. The number of rotatable bonds is 7. The number of aromatic nitrogens is 1. The van der Waals surface area contributed by atoms with E-state index in [0.717, 1.165) is 10.7 Å². The van der Waals surface area contributed by atoms with Crippen LogP contribution in [0.5, 0.6) is 17.2 Å². The zero-order chi connectivity index (χ0) is 19.3. The fourth-order valence-corrected chi connectivity index (χ4v) is 3.39. The number of hydrogen-bond acceptors (Lipinski definition) is 6. The van der Waals surface area contributed by atoms with Crippen LogP contribution in [0.1, 0.15) is 41.8 Å². The molecule has 6 nitrogen and oxygen atoms in total. The van der Waals surface area contributed by atoms with Gasteiger partial charge in [0.15, 0.2) is 11.5 Å². The molecule has 1 aromatic carbocycles. The first-order chi connectivity index (χ1) is 12.3. The van der Waals surface area contributed by atoms with E-state index in [9.17, 15) is 4.79 Å². The molecule has 0 bridgehead atoms. The van der Waals surface area contributed by atoms with Crippen LogP contribution in [0, 0.1) is 0 Å². The van der Waals surface area contributed by atoms with E-state index in [1.807, 2.05) is 0 Å². The van der Waals surface area contributed by atoms with Crippen LogP contribution in [0.25, 0.3) is 0 Å². The van der Waals surface area contributed by atoms with E-state index >= 15 is 0 Å². The zero-order valence-corrected chi connectivity index (χ0v) is 17.0. The Bertz CT molecular complexity index is 740. The van der Waals surface area contributed by atoms with Crippen molar-refractivity contribution < 1.29 is 19.0 Å². The maximum absolute atomic E-state index is 12.5. The summed E-state index contributed by atoms with van der Waals surface area (Å²) in [6, 6.07) is 3.27. The molecule has 0 spiro atoms. The van der Waals surface area contributed by atoms with E-state index in [2.05, 4.69) is 36.5 Å². The Morgan fingerprint density at radius 3 is 2.19 bits per heavy atom. The van der Waals surface area contributed by atoms with Crippen LogP contribution in [-0.2, 0) is 11.8 Å². The van der Waals surface area contributed by atoms with Gasteiger partial charge in [0.25, 0.3) is 5.91 Å². The lowest BCUT2D eigenvalue weighted by atomic mass is 9.93. The third-order valence-electron chi connectivity index (χ3n) is 3.87. The van der Waals surface area contributed by atoms with E-state index in [1.54, 1.807) is 23.5 Å². The number of nitrogens with one attached hydrogen (secondary N) is 1. The molecule has 0 fully saturated rings. The molecule has 142 valence electrons. The van der Waals surface area contributed by atoms with Crippen molar-refractivity contribution in [3.05, 3.63) is 33.8 Å². The number of hydrogen-bond donors (Lipinski definition) is 1. The van der Waals surface area contributed by atoms with Crippen molar-refractivity contribution in [2.75, 3.05) is 27.9 Å². The normalized spacial score (nSPS) is 11.2. The van der Waals surface area contributed by atoms with Gasteiger partial charge in [0.1, 0.15) is 0 Å². The van der Waals surface area contributed by atoms with E-state index < -0.39 is 0 Å². The molecule has 1 amide bonds. The van der Waals surface area contributed by atoms with E-state index in [-0.39, 0.29) is 11.3 Å². The van der Waals surface area contributed by atoms with Gasteiger partial charge < -0.3 is 19.5 Å². The molecule has 7 heteroatoms. The first-order valence-electron chi connectivity index (χ1n) is 8.33. The van der Waals surface area contributed by atoms with Gasteiger partial charge in [-0.3, -0.25) is 4.79 Å². The summed E-state index contributed by atoms with van der Waals surface area (Å²) in [4.78, 5) is 17.1. The van der Waals surface area contributed by atoms with Crippen LogP contribution in [-0.4, -0.2) is 38.8 Å². The third-order valence-corrected chi connectivity index (χ3v) is 4.78. The van der Waals surface area contributed by atoms with Gasteiger partial charge in [-0.1, -0.05) is 20.8 Å². The number of amides is 1. The molecule has 0 saturated heterocycles. The van der Waals surface area contributed by atoms with Gasteiger partial charge in [-0.15, -0.1) is 11.3 Å². The minimum Gasteiger partial charge on any atom is -0.493 e. The van der Waals surface area contributed by atoms with Crippen molar-refractivity contribution in [2.45, 2.75) is 32.6 Å². The summed E-state index contributed by atoms with van der Waals surface area (Å²) in [5.74, 6) is 1.17. The molecule has 0 atom stereocenters. The van der Waals surface area contributed by atoms with Crippen LogP contribution < -0.4 is 19.5 Å². The average Bonchev–Trinajstić information content (AvgIpc) is 3.09. The minimum absolute atomic E-state index is 0.0359. The Balaban J connectivity index is 2.03. The van der Waals surface area contributed by atoms with Gasteiger partial charge in [-0.25, -0.2) is 4.98 Å². The smallest absolute Gasteiger partial charge is 0.251 e. The number of ether oxygens (including phenoxy) is 3. The summed E-state index contributed by atoms with van der Waals surface area (Å²) >= 11 is 1.62. The minimum atomic E-state index is -0.197. The Morgan fingerprint density at radius 1 is 1.12 bits per heavy atom. The molecule has 26 heavy (non-hydrogen) atoms. The van der Waals surface area contributed by atoms with Gasteiger partial charge in [0.05, 0.1) is 32.0 Å². The largest absolute Gasteiger partial charge is 0.493 e. The van der Waals surface area contributed by atoms with Gasteiger partial charge >= 0.3 is 0 Å². The number of carbonyl (C=O) groups is 1. The molecule has 1 aromatic heterocycles. The van der Waals surface area contributed by atoms with Crippen LogP contribution >= 0.6 is 11.3 Å². The fourth-order valence-electron chi connectivity index (χ4n) is 2.37. The summed E-state index contributed by atoms with van der Waals surface area (Å²) in [6.07, 6.45) is 0.691. The Morgan fingerprint density at radius 2 is 1.73 bits per heavy atom. The van der Waals surface area contributed by atoms with Gasteiger partial charge in [0.2, 0.25) is 5.75 Å². The summed E-state index contributed by atoms with van der Waals surface area (Å²) in [7, 11) is 4.57. The van der Waals surface area contributed by atoms with Crippen molar-refractivity contribution in [3.63, 3.8) is 0 Å². The van der Waals surface area contributed by atoms with Crippen molar-refractivity contribution >= 4 is 17.2 Å². The maximum atomic E-state index is 12.5. The van der Waals surface area contributed by atoms with Gasteiger partial charge in [-0.05, 0) is 12.1 Å². The Hall–Kier alpha value is -2.28. The molecule has 0 unspecified atom stereocenters. The SMILES string of the molecule is COc1cc(C(=O)NCCc2nc(C(C)(C)C)cs2)cc(OC)c1OC.